The van der Waals surface area contributed by atoms with Crippen LogP contribution in [0.2, 0.25) is 0 Å². The second-order valence-electron chi connectivity index (χ2n) is 4.28. The summed E-state index contributed by atoms with van der Waals surface area (Å²) in [4.78, 5) is 23.3. The molecular formula is C13H15N3O. The SMILES string of the molecule is Cc1nc(-c2ccccn2)[nH]c(=O)c1C(C)C. The van der Waals surface area contributed by atoms with Crippen molar-refractivity contribution in [1.29, 1.82) is 0 Å². The maximum absolute atomic E-state index is 12.0. The molecule has 17 heavy (non-hydrogen) atoms. The van der Waals surface area contributed by atoms with Crippen LogP contribution in [0.5, 0.6) is 0 Å². The van der Waals surface area contributed by atoms with Crippen LogP contribution in [-0.4, -0.2) is 15.0 Å². The van der Waals surface area contributed by atoms with E-state index in [1.165, 1.54) is 0 Å². The number of rotatable bonds is 2. The molecular weight excluding hydrogens is 214 g/mol. The first kappa shape index (κ1) is 11.5. The van der Waals surface area contributed by atoms with Crippen LogP contribution in [-0.2, 0) is 0 Å². The third-order valence-corrected chi connectivity index (χ3v) is 2.63. The topological polar surface area (TPSA) is 58.6 Å². The van der Waals surface area contributed by atoms with E-state index in [1.807, 2.05) is 39.0 Å². The highest BCUT2D eigenvalue weighted by Crippen LogP contribution is 2.15. The molecule has 88 valence electrons. The molecule has 0 aromatic carbocycles. The Bertz CT molecular complexity index is 573. The summed E-state index contributed by atoms with van der Waals surface area (Å²) >= 11 is 0. The van der Waals surface area contributed by atoms with Gasteiger partial charge in [0, 0.05) is 17.5 Å². The number of hydrogen-bond donors (Lipinski definition) is 1. The van der Waals surface area contributed by atoms with Crippen molar-refractivity contribution in [3.8, 4) is 11.5 Å². The Morgan fingerprint density at radius 3 is 2.59 bits per heavy atom. The van der Waals surface area contributed by atoms with Gasteiger partial charge in [-0.1, -0.05) is 19.9 Å². The normalized spacial score (nSPS) is 10.8. The highest BCUT2D eigenvalue weighted by Gasteiger charge is 2.12. The van der Waals surface area contributed by atoms with Gasteiger partial charge in [-0.15, -0.1) is 0 Å². The van der Waals surface area contributed by atoms with Crippen molar-refractivity contribution in [3.05, 3.63) is 46.0 Å². The molecule has 0 saturated heterocycles. The number of aromatic amines is 1. The van der Waals surface area contributed by atoms with Gasteiger partial charge in [0.05, 0.1) is 0 Å². The smallest absolute Gasteiger partial charge is 0.254 e. The minimum absolute atomic E-state index is 0.0758. The molecule has 2 heterocycles. The summed E-state index contributed by atoms with van der Waals surface area (Å²) in [5.41, 5.74) is 2.12. The largest absolute Gasteiger partial charge is 0.305 e. The lowest BCUT2D eigenvalue weighted by atomic mass is 10.0. The summed E-state index contributed by atoms with van der Waals surface area (Å²) in [6.45, 7) is 5.83. The van der Waals surface area contributed by atoms with E-state index in [4.69, 9.17) is 0 Å². The maximum atomic E-state index is 12.0. The molecule has 2 aromatic heterocycles. The maximum Gasteiger partial charge on any atom is 0.254 e. The molecule has 0 atom stereocenters. The zero-order valence-electron chi connectivity index (χ0n) is 10.2. The molecule has 1 N–H and O–H groups in total. The number of aromatic nitrogens is 3. The van der Waals surface area contributed by atoms with Gasteiger partial charge in [0.15, 0.2) is 5.82 Å². The zero-order valence-corrected chi connectivity index (χ0v) is 10.2. The number of nitrogens with one attached hydrogen (secondary N) is 1. The van der Waals surface area contributed by atoms with Crippen LogP contribution < -0.4 is 5.56 Å². The van der Waals surface area contributed by atoms with Gasteiger partial charge in [0.2, 0.25) is 0 Å². The highest BCUT2D eigenvalue weighted by atomic mass is 16.1. The van der Waals surface area contributed by atoms with E-state index in [1.54, 1.807) is 6.20 Å². The van der Waals surface area contributed by atoms with Crippen molar-refractivity contribution in [1.82, 2.24) is 15.0 Å². The fourth-order valence-corrected chi connectivity index (χ4v) is 1.90. The van der Waals surface area contributed by atoms with Gasteiger partial charge in [-0.3, -0.25) is 9.78 Å². The number of pyridine rings is 1. The van der Waals surface area contributed by atoms with Crippen molar-refractivity contribution in [2.75, 3.05) is 0 Å². The first-order chi connectivity index (χ1) is 8.09. The van der Waals surface area contributed by atoms with Gasteiger partial charge < -0.3 is 4.98 Å². The average molecular weight is 229 g/mol. The summed E-state index contributed by atoms with van der Waals surface area (Å²) in [5, 5.41) is 0. The van der Waals surface area contributed by atoms with Crippen LogP contribution in [0.15, 0.2) is 29.2 Å². The third kappa shape index (κ3) is 2.25. The van der Waals surface area contributed by atoms with Crippen LogP contribution >= 0.6 is 0 Å². The molecule has 0 bridgehead atoms. The van der Waals surface area contributed by atoms with Crippen molar-refractivity contribution in [2.24, 2.45) is 0 Å². The summed E-state index contributed by atoms with van der Waals surface area (Å²) in [5.74, 6) is 0.696. The van der Waals surface area contributed by atoms with Gasteiger partial charge in [-0.25, -0.2) is 4.98 Å². The van der Waals surface area contributed by atoms with E-state index in [0.29, 0.717) is 11.5 Å². The number of nitrogens with zero attached hydrogens (tertiary/aromatic N) is 2. The fraction of sp³-hybridized carbons (Fsp3) is 0.308. The second-order valence-corrected chi connectivity index (χ2v) is 4.28. The summed E-state index contributed by atoms with van der Waals surface area (Å²) in [6.07, 6.45) is 1.68. The Labute approximate surface area is 99.8 Å². The lowest BCUT2D eigenvalue weighted by Crippen LogP contribution is -2.18. The molecule has 0 aliphatic carbocycles. The predicted molar refractivity (Wildman–Crippen MR) is 66.9 cm³/mol. The lowest BCUT2D eigenvalue weighted by Gasteiger charge is -2.09. The van der Waals surface area contributed by atoms with E-state index in [9.17, 15) is 4.79 Å². The molecule has 0 fully saturated rings. The van der Waals surface area contributed by atoms with Crippen LogP contribution in [0.25, 0.3) is 11.5 Å². The molecule has 4 heteroatoms. The van der Waals surface area contributed by atoms with Gasteiger partial charge in [0.1, 0.15) is 5.69 Å². The second kappa shape index (κ2) is 4.49. The van der Waals surface area contributed by atoms with Crippen LogP contribution in [0.1, 0.15) is 31.0 Å². The summed E-state index contributed by atoms with van der Waals surface area (Å²) < 4.78 is 0. The molecule has 2 aromatic rings. The van der Waals surface area contributed by atoms with E-state index < -0.39 is 0 Å². The van der Waals surface area contributed by atoms with E-state index in [2.05, 4.69) is 15.0 Å². The van der Waals surface area contributed by atoms with E-state index in [-0.39, 0.29) is 11.5 Å². The fourth-order valence-electron chi connectivity index (χ4n) is 1.90. The highest BCUT2D eigenvalue weighted by molar-refractivity contribution is 5.48. The molecule has 0 spiro atoms. The molecule has 0 unspecified atom stereocenters. The Balaban J connectivity index is 2.58. The molecule has 0 amide bonds. The number of aryl methyl sites for hydroxylation is 1. The lowest BCUT2D eigenvalue weighted by molar-refractivity contribution is 0.814. The Morgan fingerprint density at radius 2 is 2.06 bits per heavy atom. The quantitative estimate of drug-likeness (QED) is 0.859. The first-order valence-corrected chi connectivity index (χ1v) is 5.62. The van der Waals surface area contributed by atoms with E-state index >= 15 is 0 Å². The Morgan fingerprint density at radius 1 is 1.29 bits per heavy atom. The van der Waals surface area contributed by atoms with Gasteiger partial charge >= 0.3 is 0 Å². The Kier molecular flexibility index (Phi) is 3.04. The van der Waals surface area contributed by atoms with Crippen LogP contribution in [0.4, 0.5) is 0 Å². The first-order valence-electron chi connectivity index (χ1n) is 5.62. The van der Waals surface area contributed by atoms with Crippen molar-refractivity contribution in [2.45, 2.75) is 26.7 Å². The van der Waals surface area contributed by atoms with Gasteiger partial charge in [0.25, 0.3) is 5.56 Å². The van der Waals surface area contributed by atoms with Crippen molar-refractivity contribution < 1.29 is 0 Å². The molecule has 0 aliphatic rings. The number of hydrogen-bond acceptors (Lipinski definition) is 3. The third-order valence-electron chi connectivity index (χ3n) is 2.63. The molecule has 4 nitrogen and oxygen atoms in total. The standard InChI is InChI=1S/C13H15N3O/c1-8(2)11-9(3)15-12(16-13(11)17)10-6-4-5-7-14-10/h4-8H,1-3H3,(H,15,16,17). The van der Waals surface area contributed by atoms with Crippen molar-refractivity contribution >= 4 is 0 Å². The molecule has 0 saturated carbocycles. The van der Waals surface area contributed by atoms with Crippen LogP contribution in [0.3, 0.4) is 0 Å². The molecule has 0 radical (unpaired) electrons. The van der Waals surface area contributed by atoms with Crippen molar-refractivity contribution in [3.63, 3.8) is 0 Å². The minimum Gasteiger partial charge on any atom is -0.305 e. The van der Waals surface area contributed by atoms with Gasteiger partial charge in [-0.05, 0) is 25.0 Å². The minimum atomic E-state index is -0.0758. The summed E-state index contributed by atoms with van der Waals surface area (Å²) in [7, 11) is 0. The monoisotopic (exact) mass is 229 g/mol. The average Bonchev–Trinajstić information content (AvgIpc) is 2.28. The summed E-state index contributed by atoms with van der Waals surface area (Å²) in [6, 6.07) is 5.53. The molecule has 0 aliphatic heterocycles. The van der Waals surface area contributed by atoms with Gasteiger partial charge in [-0.2, -0.15) is 0 Å². The number of H-pyrrole nitrogens is 1. The Hall–Kier alpha value is -1.97. The zero-order chi connectivity index (χ0) is 12.4. The molecule has 2 rings (SSSR count). The predicted octanol–water partition coefficient (Wildman–Crippen LogP) is 2.26. The van der Waals surface area contributed by atoms with Crippen LogP contribution in [0, 0.1) is 6.92 Å². The van der Waals surface area contributed by atoms with E-state index in [0.717, 1.165) is 11.3 Å².